The smallest absolute Gasteiger partial charge is 0.244 e. The van der Waals surface area contributed by atoms with Gasteiger partial charge in [-0.25, -0.2) is 17.5 Å². The molecule has 0 aliphatic heterocycles. The Labute approximate surface area is 110 Å². The molecule has 0 atom stereocenters. The van der Waals surface area contributed by atoms with E-state index in [1.54, 1.807) is 12.1 Å². The van der Waals surface area contributed by atoms with Gasteiger partial charge in [-0.3, -0.25) is 0 Å². The number of hydrogen-bond acceptors (Lipinski definition) is 4. The summed E-state index contributed by atoms with van der Waals surface area (Å²) in [4.78, 5) is -0.249. The summed E-state index contributed by atoms with van der Waals surface area (Å²) in [6.45, 7) is -0.0188. The van der Waals surface area contributed by atoms with Gasteiger partial charge in [0.05, 0.1) is 19.9 Å². The molecule has 0 aliphatic carbocycles. The highest BCUT2D eigenvalue weighted by molar-refractivity contribution is 7.89. The average Bonchev–Trinajstić information content (AvgIpc) is 2.89. The van der Waals surface area contributed by atoms with Gasteiger partial charge in [0.2, 0.25) is 10.0 Å². The Morgan fingerprint density at radius 3 is 2.79 bits per heavy atom. The van der Waals surface area contributed by atoms with Gasteiger partial charge >= 0.3 is 0 Å². The summed E-state index contributed by atoms with van der Waals surface area (Å²) in [6.07, 6.45) is 1.44. The Morgan fingerprint density at radius 1 is 1.37 bits per heavy atom. The SMILES string of the molecule is COc1ccc(F)cc1S(=O)(=O)NCc1ccco1. The Balaban J connectivity index is 2.26. The number of halogens is 1. The van der Waals surface area contributed by atoms with Crippen LogP contribution in [0.2, 0.25) is 0 Å². The number of nitrogens with one attached hydrogen (secondary N) is 1. The molecule has 2 rings (SSSR count). The van der Waals surface area contributed by atoms with Gasteiger partial charge in [-0.1, -0.05) is 0 Å². The number of rotatable bonds is 5. The number of sulfonamides is 1. The summed E-state index contributed by atoms with van der Waals surface area (Å²) in [5.41, 5.74) is 0. The Bertz CT molecular complexity index is 652. The highest BCUT2D eigenvalue weighted by Gasteiger charge is 2.20. The summed E-state index contributed by atoms with van der Waals surface area (Å²) < 4.78 is 49.5. The highest BCUT2D eigenvalue weighted by atomic mass is 32.2. The first-order chi connectivity index (χ1) is 9.03. The minimum atomic E-state index is -3.88. The summed E-state index contributed by atoms with van der Waals surface area (Å²) >= 11 is 0. The maximum atomic E-state index is 13.2. The predicted octanol–water partition coefficient (Wildman–Crippen LogP) is 1.91. The van der Waals surface area contributed by atoms with E-state index in [0.717, 1.165) is 12.1 Å². The molecule has 0 saturated heterocycles. The van der Waals surface area contributed by atoms with Gasteiger partial charge in [0.15, 0.2) is 0 Å². The zero-order valence-electron chi connectivity index (χ0n) is 10.1. The van der Waals surface area contributed by atoms with Crippen LogP contribution in [0.15, 0.2) is 45.9 Å². The first kappa shape index (κ1) is 13.6. The van der Waals surface area contributed by atoms with Gasteiger partial charge < -0.3 is 9.15 Å². The number of hydrogen-bond donors (Lipinski definition) is 1. The zero-order valence-corrected chi connectivity index (χ0v) is 10.9. The van der Waals surface area contributed by atoms with Crippen LogP contribution in [0, 0.1) is 5.82 Å². The standard InChI is InChI=1S/C12H12FNO4S/c1-17-11-5-4-9(13)7-12(11)19(15,16)14-8-10-3-2-6-18-10/h2-7,14H,8H2,1H3. The number of methoxy groups -OCH3 is 1. The van der Waals surface area contributed by atoms with Crippen molar-refractivity contribution < 1.29 is 22.0 Å². The van der Waals surface area contributed by atoms with E-state index in [4.69, 9.17) is 9.15 Å². The Hall–Kier alpha value is -1.86. The van der Waals surface area contributed by atoms with Crippen LogP contribution in [0.1, 0.15) is 5.76 Å². The zero-order chi connectivity index (χ0) is 13.9. The molecule has 1 heterocycles. The molecule has 0 aliphatic rings. The third kappa shape index (κ3) is 3.12. The lowest BCUT2D eigenvalue weighted by Crippen LogP contribution is -2.23. The van der Waals surface area contributed by atoms with Crippen LogP contribution in [0.25, 0.3) is 0 Å². The third-order valence-corrected chi connectivity index (χ3v) is 3.85. The molecular weight excluding hydrogens is 273 g/mol. The van der Waals surface area contributed by atoms with Gasteiger partial charge in [-0.05, 0) is 30.3 Å². The molecular formula is C12H12FNO4S. The van der Waals surface area contributed by atoms with E-state index >= 15 is 0 Å². The molecule has 7 heteroatoms. The van der Waals surface area contributed by atoms with Crippen LogP contribution in [0.5, 0.6) is 5.75 Å². The second kappa shape index (κ2) is 5.41. The molecule has 2 aromatic rings. The molecule has 5 nitrogen and oxygen atoms in total. The maximum Gasteiger partial charge on any atom is 0.244 e. The maximum absolute atomic E-state index is 13.2. The fourth-order valence-electron chi connectivity index (χ4n) is 1.52. The molecule has 0 unspecified atom stereocenters. The van der Waals surface area contributed by atoms with E-state index < -0.39 is 15.8 Å². The van der Waals surface area contributed by atoms with Crippen LogP contribution in [0.4, 0.5) is 4.39 Å². The predicted molar refractivity (Wildman–Crippen MR) is 65.7 cm³/mol. The summed E-state index contributed by atoms with van der Waals surface area (Å²) in [6, 6.07) is 6.57. The lowest BCUT2D eigenvalue weighted by atomic mass is 10.3. The lowest BCUT2D eigenvalue weighted by molar-refractivity contribution is 0.400. The van der Waals surface area contributed by atoms with Gasteiger partial charge in [0.25, 0.3) is 0 Å². The molecule has 0 saturated carbocycles. The fourth-order valence-corrected chi connectivity index (χ4v) is 2.69. The van der Waals surface area contributed by atoms with Crippen molar-refractivity contribution >= 4 is 10.0 Å². The fraction of sp³-hybridized carbons (Fsp3) is 0.167. The van der Waals surface area contributed by atoms with Crippen molar-refractivity contribution in [3.8, 4) is 5.75 Å². The molecule has 0 radical (unpaired) electrons. The Kier molecular flexibility index (Phi) is 3.87. The van der Waals surface area contributed by atoms with Crippen molar-refractivity contribution in [1.29, 1.82) is 0 Å². The van der Waals surface area contributed by atoms with E-state index in [9.17, 15) is 12.8 Å². The monoisotopic (exact) mass is 285 g/mol. The molecule has 0 bridgehead atoms. The second-order valence-electron chi connectivity index (χ2n) is 3.70. The normalized spacial score (nSPS) is 11.5. The first-order valence-corrected chi connectivity index (χ1v) is 6.87. The quantitative estimate of drug-likeness (QED) is 0.911. The number of ether oxygens (including phenoxy) is 1. The second-order valence-corrected chi connectivity index (χ2v) is 5.43. The molecule has 19 heavy (non-hydrogen) atoms. The van der Waals surface area contributed by atoms with Gasteiger partial charge in [0, 0.05) is 0 Å². The molecule has 1 aromatic carbocycles. The number of furan rings is 1. The van der Waals surface area contributed by atoms with Crippen molar-refractivity contribution in [3.05, 3.63) is 48.2 Å². The summed E-state index contributed by atoms with van der Waals surface area (Å²) in [5.74, 6) is -0.119. The van der Waals surface area contributed by atoms with Gasteiger partial charge in [0.1, 0.15) is 22.2 Å². The van der Waals surface area contributed by atoms with E-state index in [1.807, 2.05) is 0 Å². The largest absolute Gasteiger partial charge is 0.495 e. The van der Waals surface area contributed by atoms with Crippen molar-refractivity contribution in [2.75, 3.05) is 7.11 Å². The van der Waals surface area contributed by atoms with Crippen molar-refractivity contribution in [2.45, 2.75) is 11.4 Å². The molecule has 0 amide bonds. The van der Waals surface area contributed by atoms with Crippen LogP contribution < -0.4 is 9.46 Å². The van der Waals surface area contributed by atoms with E-state index in [-0.39, 0.29) is 17.2 Å². The summed E-state index contributed by atoms with van der Waals surface area (Å²) in [7, 11) is -2.56. The van der Waals surface area contributed by atoms with E-state index in [1.165, 1.54) is 19.4 Å². The molecule has 1 aromatic heterocycles. The van der Waals surface area contributed by atoms with Crippen LogP contribution in [-0.2, 0) is 16.6 Å². The van der Waals surface area contributed by atoms with Crippen LogP contribution in [-0.4, -0.2) is 15.5 Å². The van der Waals surface area contributed by atoms with Crippen LogP contribution in [0.3, 0.4) is 0 Å². The van der Waals surface area contributed by atoms with E-state index in [0.29, 0.717) is 5.76 Å². The lowest BCUT2D eigenvalue weighted by Gasteiger charge is -2.10. The minimum absolute atomic E-state index is 0.0188. The molecule has 1 N–H and O–H groups in total. The number of benzene rings is 1. The first-order valence-electron chi connectivity index (χ1n) is 5.38. The van der Waals surface area contributed by atoms with E-state index in [2.05, 4.69) is 4.72 Å². The average molecular weight is 285 g/mol. The minimum Gasteiger partial charge on any atom is -0.495 e. The molecule has 102 valence electrons. The molecule has 0 spiro atoms. The van der Waals surface area contributed by atoms with Gasteiger partial charge in [-0.2, -0.15) is 0 Å². The summed E-state index contributed by atoms with van der Waals surface area (Å²) in [5, 5.41) is 0. The topological polar surface area (TPSA) is 68.5 Å². The van der Waals surface area contributed by atoms with Gasteiger partial charge in [-0.15, -0.1) is 0 Å². The Morgan fingerprint density at radius 2 is 2.16 bits per heavy atom. The van der Waals surface area contributed by atoms with Crippen molar-refractivity contribution in [1.82, 2.24) is 4.72 Å². The van der Waals surface area contributed by atoms with Crippen molar-refractivity contribution in [2.24, 2.45) is 0 Å². The highest BCUT2D eigenvalue weighted by Crippen LogP contribution is 2.24. The van der Waals surface area contributed by atoms with Crippen LogP contribution >= 0.6 is 0 Å². The van der Waals surface area contributed by atoms with Crippen molar-refractivity contribution in [3.63, 3.8) is 0 Å². The third-order valence-electron chi connectivity index (χ3n) is 2.43. The molecule has 0 fully saturated rings.